The molecule has 0 aliphatic rings. The molecule has 86 valence electrons. The van der Waals surface area contributed by atoms with Crippen molar-refractivity contribution < 1.29 is 8.78 Å². The summed E-state index contributed by atoms with van der Waals surface area (Å²) in [5, 5.41) is 0. The summed E-state index contributed by atoms with van der Waals surface area (Å²) >= 11 is 0. The number of fused-ring (bicyclic) bond motifs is 1. The molecule has 0 aliphatic carbocycles. The summed E-state index contributed by atoms with van der Waals surface area (Å²) in [6.07, 6.45) is 0. The highest BCUT2D eigenvalue weighted by Crippen LogP contribution is 2.22. The van der Waals surface area contributed by atoms with Crippen molar-refractivity contribution in [3.63, 3.8) is 0 Å². The van der Waals surface area contributed by atoms with Crippen LogP contribution in [0.2, 0.25) is 0 Å². The number of H-pyrrole nitrogens is 1. The average Bonchev–Trinajstić information content (AvgIpc) is 2.60. The number of nitrogens with one attached hydrogen (secondary N) is 1. The Morgan fingerprint density at radius 1 is 1.31 bits per heavy atom. The number of aromatic amines is 1. The highest BCUT2D eigenvalue weighted by atomic mass is 19.1. The lowest BCUT2D eigenvalue weighted by molar-refractivity contribution is 0.495. The molecule has 3 nitrogen and oxygen atoms in total. The molecule has 0 saturated carbocycles. The highest BCUT2D eigenvalue weighted by molar-refractivity contribution is 5.75. The lowest BCUT2D eigenvalue weighted by Gasteiger charge is -2.11. The summed E-state index contributed by atoms with van der Waals surface area (Å²) in [5.74, 6) is -0.644. The van der Waals surface area contributed by atoms with Crippen LogP contribution in [0.15, 0.2) is 12.1 Å². The Kier molecular flexibility index (Phi) is 2.63. The summed E-state index contributed by atoms with van der Waals surface area (Å²) in [4.78, 5) is 6.89. The minimum absolute atomic E-state index is 0.132. The minimum Gasteiger partial charge on any atom is -0.340 e. The van der Waals surface area contributed by atoms with Gasteiger partial charge < -0.3 is 10.7 Å². The number of halogens is 2. The van der Waals surface area contributed by atoms with E-state index >= 15 is 0 Å². The van der Waals surface area contributed by atoms with Gasteiger partial charge in [0, 0.05) is 6.07 Å². The third-order valence-electron chi connectivity index (χ3n) is 2.56. The van der Waals surface area contributed by atoms with Gasteiger partial charge in [-0.15, -0.1) is 0 Å². The molecule has 1 aromatic carbocycles. The summed E-state index contributed by atoms with van der Waals surface area (Å²) < 4.78 is 26.3. The van der Waals surface area contributed by atoms with E-state index in [0.717, 1.165) is 6.07 Å². The molecular formula is C11H13F2N3. The van der Waals surface area contributed by atoms with Gasteiger partial charge in [-0.3, -0.25) is 0 Å². The van der Waals surface area contributed by atoms with E-state index < -0.39 is 11.6 Å². The van der Waals surface area contributed by atoms with E-state index in [-0.39, 0.29) is 17.5 Å². The normalized spacial score (nSPS) is 13.6. The van der Waals surface area contributed by atoms with Crippen molar-refractivity contribution in [3.8, 4) is 0 Å². The minimum atomic E-state index is -0.673. The van der Waals surface area contributed by atoms with Crippen LogP contribution in [-0.4, -0.2) is 9.97 Å². The molecule has 0 spiro atoms. The van der Waals surface area contributed by atoms with Crippen molar-refractivity contribution in [2.24, 2.45) is 11.7 Å². The molecule has 1 aromatic heterocycles. The van der Waals surface area contributed by atoms with Crippen molar-refractivity contribution in [1.29, 1.82) is 0 Å². The van der Waals surface area contributed by atoms with Gasteiger partial charge in [0.05, 0.1) is 11.6 Å². The third kappa shape index (κ3) is 1.78. The molecular weight excluding hydrogens is 212 g/mol. The average molecular weight is 225 g/mol. The number of aromatic nitrogens is 2. The maximum atomic E-state index is 13.4. The fourth-order valence-corrected chi connectivity index (χ4v) is 1.53. The second-order valence-electron chi connectivity index (χ2n) is 4.18. The topological polar surface area (TPSA) is 54.7 Å². The van der Waals surface area contributed by atoms with Gasteiger partial charge in [-0.05, 0) is 12.0 Å². The SMILES string of the molecule is CC(C)C(N)c1nc2c(F)cc(F)cc2[nH]1. The van der Waals surface area contributed by atoms with E-state index in [9.17, 15) is 8.78 Å². The van der Waals surface area contributed by atoms with Crippen LogP contribution in [0.4, 0.5) is 8.78 Å². The summed E-state index contributed by atoms with van der Waals surface area (Å²) in [6, 6.07) is 1.71. The van der Waals surface area contributed by atoms with Crippen LogP contribution in [0.25, 0.3) is 11.0 Å². The summed E-state index contributed by atoms with van der Waals surface area (Å²) in [7, 11) is 0. The molecule has 0 aliphatic heterocycles. The molecule has 3 N–H and O–H groups in total. The number of rotatable bonds is 2. The molecule has 0 bridgehead atoms. The first-order valence-corrected chi connectivity index (χ1v) is 5.09. The molecule has 1 heterocycles. The Bertz CT molecular complexity index is 519. The molecule has 1 atom stereocenters. The van der Waals surface area contributed by atoms with E-state index in [1.54, 1.807) is 0 Å². The van der Waals surface area contributed by atoms with E-state index in [4.69, 9.17) is 5.73 Å². The van der Waals surface area contributed by atoms with Crippen molar-refractivity contribution in [1.82, 2.24) is 9.97 Å². The molecule has 0 amide bonds. The Morgan fingerprint density at radius 3 is 2.62 bits per heavy atom. The maximum Gasteiger partial charge on any atom is 0.153 e. The Balaban J connectivity index is 2.56. The predicted octanol–water partition coefficient (Wildman–Crippen LogP) is 2.50. The molecule has 16 heavy (non-hydrogen) atoms. The second-order valence-corrected chi connectivity index (χ2v) is 4.18. The Morgan fingerprint density at radius 2 is 2.00 bits per heavy atom. The fourth-order valence-electron chi connectivity index (χ4n) is 1.53. The zero-order valence-electron chi connectivity index (χ0n) is 9.09. The largest absolute Gasteiger partial charge is 0.340 e. The van der Waals surface area contributed by atoms with E-state index in [1.807, 2.05) is 13.8 Å². The zero-order valence-corrected chi connectivity index (χ0v) is 9.09. The maximum absolute atomic E-state index is 13.4. The van der Waals surface area contributed by atoms with Crippen molar-refractivity contribution in [3.05, 3.63) is 29.6 Å². The van der Waals surface area contributed by atoms with Crippen LogP contribution >= 0.6 is 0 Å². The number of nitrogens with zero attached hydrogens (tertiary/aromatic N) is 1. The summed E-state index contributed by atoms with van der Waals surface area (Å²) in [5.41, 5.74) is 6.35. The van der Waals surface area contributed by atoms with E-state index in [1.165, 1.54) is 6.07 Å². The van der Waals surface area contributed by atoms with Gasteiger partial charge in [-0.2, -0.15) is 0 Å². The zero-order chi connectivity index (χ0) is 11.9. The van der Waals surface area contributed by atoms with Crippen LogP contribution in [0.5, 0.6) is 0 Å². The molecule has 1 unspecified atom stereocenters. The molecule has 2 rings (SSSR count). The van der Waals surface area contributed by atoms with Gasteiger partial charge in [0.1, 0.15) is 17.2 Å². The van der Waals surface area contributed by atoms with Gasteiger partial charge in [-0.25, -0.2) is 13.8 Å². The van der Waals surface area contributed by atoms with Gasteiger partial charge in [0.25, 0.3) is 0 Å². The number of nitrogens with two attached hydrogens (primary N) is 1. The number of benzene rings is 1. The Labute approximate surface area is 91.7 Å². The standard InChI is InChI=1S/C11H13F2N3/c1-5(2)9(14)11-15-8-4-6(12)3-7(13)10(8)16-11/h3-5,9H,14H2,1-2H3,(H,15,16). The number of hydrogen-bond donors (Lipinski definition) is 2. The fraction of sp³-hybridized carbons (Fsp3) is 0.364. The van der Waals surface area contributed by atoms with Crippen molar-refractivity contribution in [2.45, 2.75) is 19.9 Å². The van der Waals surface area contributed by atoms with Gasteiger partial charge >= 0.3 is 0 Å². The molecule has 2 aromatic rings. The smallest absolute Gasteiger partial charge is 0.153 e. The van der Waals surface area contributed by atoms with Crippen LogP contribution in [0.1, 0.15) is 25.7 Å². The molecule has 5 heteroatoms. The highest BCUT2D eigenvalue weighted by Gasteiger charge is 2.16. The third-order valence-corrected chi connectivity index (χ3v) is 2.56. The first-order chi connectivity index (χ1) is 7.49. The monoisotopic (exact) mass is 225 g/mol. The van der Waals surface area contributed by atoms with Gasteiger partial charge in [0.15, 0.2) is 5.82 Å². The van der Waals surface area contributed by atoms with Gasteiger partial charge in [0.2, 0.25) is 0 Å². The predicted molar refractivity (Wildman–Crippen MR) is 57.8 cm³/mol. The first kappa shape index (κ1) is 11.0. The quantitative estimate of drug-likeness (QED) is 0.825. The van der Waals surface area contributed by atoms with E-state index in [0.29, 0.717) is 11.3 Å². The number of hydrogen-bond acceptors (Lipinski definition) is 2. The number of imidazole rings is 1. The molecule has 0 saturated heterocycles. The van der Waals surface area contributed by atoms with Crippen LogP contribution in [0, 0.1) is 17.6 Å². The summed E-state index contributed by atoms with van der Waals surface area (Å²) in [6.45, 7) is 3.88. The van der Waals surface area contributed by atoms with Crippen LogP contribution in [0.3, 0.4) is 0 Å². The lowest BCUT2D eigenvalue weighted by Crippen LogP contribution is -2.18. The van der Waals surface area contributed by atoms with Crippen molar-refractivity contribution >= 4 is 11.0 Å². The first-order valence-electron chi connectivity index (χ1n) is 5.09. The van der Waals surface area contributed by atoms with Crippen LogP contribution in [-0.2, 0) is 0 Å². The van der Waals surface area contributed by atoms with Crippen LogP contribution < -0.4 is 5.73 Å². The van der Waals surface area contributed by atoms with Gasteiger partial charge in [-0.1, -0.05) is 13.8 Å². The van der Waals surface area contributed by atoms with E-state index in [2.05, 4.69) is 9.97 Å². The van der Waals surface area contributed by atoms with Crippen molar-refractivity contribution in [2.75, 3.05) is 0 Å². The Hall–Kier alpha value is -1.49. The molecule has 0 radical (unpaired) electrons. The molecule has 0 fully saturated rings. The lowest BCUT2D eigenvalue weighted by atomic mass is 10.1. The second kappa shape index (κ2) is 3.83.